The number of fused-ring (bicyclic) bond motifs is 1. The van der Waals surface area contributed by atoms with Gasteiger partial charge in [-0.1, -0.05) is 32.5 Å². The first-order valence-corrected chi connectivity index (χ1v) is 13.8. The second kappa shape index (κ2) is 7.99. The number of benzene rings is 1. The van der Waals surface area contributed by atoms with Gasteiger partial charge < -0.3 is 20.0 Å². The van der Waals surface area contributed by atoms with Gasteiger partial charge in [-0.2, -0.15) is 0 Å². The fraction of sp³-hybridized carbons (Fsp3) is 0.476. The Morgan fingerprint density at radius 3 is 2.29 bits per heavy atom. The van der Waals surface area contributed by atoms with Crippen LogP contribution in [0, 0.1) is 5.92 Å². The molecule has 2 aliphatic rings. The van der Waals surface area contributed by atoms with Gasteiger partial charge in [0.15, 0.2) is 19.1 Å². The molecule has 3 rings (SSSR count). The van der Waals surface area contributed by atoms with E-state index in [2.05, 4.69) is 33.9 Å². The van der Waals surface area contributed by atoms with Crippen molar-refractivity contribution in [3.05, 3.63) is 40.6 Å². The number of carboxylic acids is 1. The molecule has 0 aliphatic carbocycles. The Kier molecular flexibility index (Phi) is 6.02. The zero-order valence-electron chi connectivity index (χ0n) is 18.5. The number of nitrogens with zero attached hydrogens (tertiary/aromatic N) is 1. The average Bonchev–Trinajstić information content (AvgIpc) is 2.95. The van der Waals surface area contributed by atoms with E-state index in [0.29, 0.717) is 11.3 Å². The molecule has 1 aromatic rings. The van der Waals surface area contributed by atoms with Crippen LogP contribution < -0.4 is 10.5 Å². The van der Waals surface area contributed by atoms with Crippen molar-refractivity contribution in [3.63, 3.8) is 0 Å². The first kappa shape index (κ1) is 23.4. The maximum absolute atomic E-state index is 12.9. The van der Waals surface area contributed by atoms with E-state index < -0.39 is 31.5 Å². The minimum Gasteiger partial charge on any atom is -0.476 e. The number of β-lactam (4-membered cyclic amide) rings is 1. The molecule has 0 aromatic heterocycles. The SMILES string of the molecule is C[C@@H](O[Si](C)(C)C(C)(C)C)[C@H]1C(=O)N2C(C(=O)O)=C(Oc3ccc(C(N)=O)cc3)SC12. The van der Waals surface area contributed by atoms with Crippen LogP contribution in [0.2, 0.25) is 18.1 Å². The summed E-state index contributed by atoms with van der Waals surface area (Å²) in [6, 6.07) is 6.06. The molecule has 2 amide bonds. The quantitative estimate of drug-likeness (QED) is 0.469. The summed E-state index contributed by atoms with van der Waals surface area (Å²) in [5, 5.41) is 9.45. The van der Waals surface area contributed by atoms with E-state index in [1.54, 1.807) is 0 Å². The largest absolute Gasteiger partial charge is 0.476 e. The van der Waals surface area contributed by atoms with E-state index in [9.17, 15) is 19.5 Å². The molecular weight excluding hydrogens is 436 g/mol. The van der Waals surface area contributed by atoms with Crippen molar-refractivity contribution in [2.45, 2.75) is 57.3 Å². The van der Waals surface area contributed by atoms with Gasteiger partial charge in [0.1, 0.15) is 11.1 Å². The molecule has 0 radical (unpaired) electrons. The summed E-state index contributed by atoms with van der Waals surface area (Å²) in [6.45, 7) is 12.5. The van der Waals surface area contributed by atoms with Crippen LogP contribution in [0.3, 0.4) is 0 Å². The average molecular weight is 465 g/mol. The summed E-state index contributed by atoms with van der Waals surface area (Å²) in [5.41, 5.74) is 5.38. The first-order valence-electron chi connectivity index (χ1n) is 9.97. The molecule has 3 N–H and O–H groups in total. The van der Waals surface area contributed by atoms with Crippen molar-refractivity contribution in [3.8, 4) is 5.75 Å². The van der Waals surface area contributed by atoms with Crippen LogP contribution >= 0.6 is 11.8 Å². The van der Waals surface area contributed by atoms with Crippen molar-refractivity contribution in [2.24, 2.45) is 11.7 Å². The third-order valence-corrected chi connectivity index (χ3v) is 11.9. The highest BCUT2D eigenvalue weighted by Gasteiger charge is 2.59. The highest BCUT2D eigenvalue weighted by Crippen LogP contribution is 2.52. The third kappa shape index (κ3) is 4.24. The molecule has 10 heteroatoms. The number of primary amides is 1. The highest BCUT2D eigenvalue weighted by atomic mass is 32.2. The fourth-order valence-corrected chi connectivity index (χ4v) is 6.21. The molecule has 2 heterocycles. The van der Waals surface area contributed by atoms with E-state index >= 15 is 0 Å². The Morgan fingerprint density at radius 1 is 1.23 bits per heavy atom. The van der Waals surface area contributed by atoms with Crippen molar-refractivity contribution in [2.75, 3.05) is 0 Å². The van der Waals surface area contributed by atoms with Gasteiger partial charge in [0.25, 0.3) is 0 Å². The number of hydrogen-bond donors (Lipinski definition) is 2. The number of carbonyl (C=O) groups is 3. The molecule has 1 aromatic carbocycles. The topological polar surface area (TPSA) is 119 Å². The molecule has 31 heavy (non-hydrogen) atoms. The van der Waals surface area contributed by atoms with Gasteiger partial charge in [-0.3, -0.25) is 14.5 Å². The normalized spacial score (nSPS) is 22.1. The zero-order chi connectivity index (χ0) is 23.3. The van der Waals surface area contributed by atoms with Crippen LogP contribution in [0.15, 0.2) is 35.1 Å². The van der Waals surface area contributed by atoms with Gasteiger partial charge in [-0.25, -0.2) is 4.79 Å². The van der Waals surface area contributed by atoms with Gasteiger partial charge in [-0.15, -0.1) is 0 Å². The first-order chi connectivity index (χ1) is 14.2. The Bertz CT molecular complexity index is 954. The molecule has 1 unspecified atom stereocenters. The number of aliphatic carboxylic acids is 1. The van der Waals surface area contributed by atoms with Gasteiger partial charge in [-0.05, 0) is 49.3 Å². The zero-order valence-corrected chi connectivity index (χ0v) is 20.3. The van der Waals surface area contributed by atoms with E-state index in [1.807, 2.05) is 6.92 Å². The molecule has 0 bridgehead atoms. The lowest BCUT2D eigenvalue weighted by molar-refractivity contribution is -0.156. The molecule has 8 nitrogen and oxygen atoms in total. The van der Waals surface area contributed by atoms with Crippen molar-refractivity contribution in [1.29, 1.82) is 0 Å². The van der Waals surface area contributed by atoms with Crippen LogP contribution in [-0.2, 0) is 14.0 Å². The summed E-state index contributed by atoms with van der Waals surface area (Å²) in [7, 11) is -2.10. The summed E-state index contributed by atoms with van der Waals surface area (Å²) in [4.78, 5) is 37.3. The minimum atomic E-state index is -2.10. The van der Waals surface area contributed by atoms with Crippen LogP contribution in [0.1, 0.15) is 38.1 Å². The van der Waals surface area contributed by atoms with Crippen LogP contribution in [0.5, 0.6) is 5.75 Å². The predicted molar refractivity (Wildman–Crippen MR) is 120 cm³/mol. The number of carboxylic acid groups (broad SMARTS) is 1. The van der Waals surface area contributed by atoms with Crippen LogP contribution in [0.4, 0.5) is 0 Å². The Hall–Kier alpha value is -2.30. The third-order valence-electron chi connectivity index (χ3n) is 6.09. The smallest absolute Gasteiger partial charge is 0.357 e. The van der Waals surface area contributed by atoms with Crippen molar-refractivity contribution in [1.82, 2.24) is 4.90 Å². The maximum Gasteiger partial charge on any atom is 0.357 e. The molecule has 0 saturated carbocycles. The van der Waals surface area contributed by atoms with E-state index in [-0.39, 0.29) is 27.8 Å². The molecule has 168 valence electrons. The highest BCUT2D eigenvalue weighted by molar-refractivity contribution is 8.03. The van der Waals surface area contributed by atoms with E-state index in [1.165, 1.54) is 40.9 Å². The van der Waals surface area contributed by atoms with Crippen LogP contribution in [-0.4, -0.2) is 47.6 Å². The molecule has 1 fully saturated rings. The van der Waals surface area contributed by atoms with Gasteiger partial charge in [0, 0.05) is 5.56 Å². The summed E-state index contributed by atoms with van der Waals surface area (Å²) < 4.78 is 12.2. The number of hydrogen-bond acceptors (Lipinski definition) is 6. The van der Waals surface area contributed by atoms with Gasteiger partial charge in [0.2, 0.25) is 11.8 Å². The summed E-state index contributed by atoms with van der Waals surface area (Å²) in [5.74, 6) is -2.18. The molecule has 3 atom stereocenters. The van der Waals surface area contributed by atoms with Gasteiger partial charge >= 0.3 is 5.97 Å². The lowest BCUT2D eigenvalue weighted by atomic mass is 9.92. The lowest BCUT2D eigenvalue weighted by Gasteiger charge is -2.47. The predicted octanol–water partition coefficient (Wildman–Crippen LogP) is 3.36. The van der Waals surface area contributed by atoms with Gasteiger partial charge in [0.05, 0.1) is 12.0 Å². The number of ether oxygens (including phenoxy) is 1. The summed E-state index contributed by atoms with van der Waals surface area (Å²) in [6.07, 6.45) is -0.341. The van der Waals surface area contributed by atoms with Crippen molar-refractivity contribution >= 4 is 37.9 Å². The number of rotatable bonds is 7. The van der Waals surface area contributed by atoms with E-state index in [4.69, 9.17) is 14.9 Å². The number of thioether (sulfide) groups is 1. The monoisotopic (exact) mass is 464 g/mol. The van der Waals surface area contributed by atoms with Crippen LogP contribution in [0.25, 0.3) is 0 Å². The Balaban J connectivity index is 1.79. The lowest BCUT2D eigenvalue weighted by Crippen LogP contribution is -2.62. The molecule has 1 saturated heterocycles. The second-order valence-electron chi connectivity index (χ2n) is 9.26. The summed E-state index contributed by atoms with van der Waals surface area (Å²) >= 11 is 1.20. The second-order valence-corrected chi connectivity index (χ2v) is 15.1. The number of carbonyl (C=O) groups excluding carboxylic acids is 2. The fourth-order valence-electron chi connectivity index (χ4n) is 3.32. The maximum atomic E-state index is 12.9. The molecular formula is C21H28N2O6SSi. The van der Waals surface area contributed by atoms with Crippen molar-refractivity contribution < 1.29 is 28.7 Å². The minimum absolute atomic E-state index is 0.00756. The standard InChI is InChI=1S/C21H28N2O6SSi/c1-11(29-31(5,6)21(2,3)4)14-17(25)23-15(19(26)27)20(30-18(14)23)28-13-9-7-12(8-10-13)16(22)24/h7-11,14,18H,1-6H3,(H2,22,24)(H,26,27)/t11-,14+,18?/m1/s1. The molecule has 2 aliphatic heterocycles. The Morgan fingerprint density at radius 2 is 1.81 bits per heavy atom. The number of amides is 2. The number of nitrogens with two attached hydrogens (primary N) is 1. The molecule has 0 spiro atoms. The Labute approximate surface area is 186 Å². The van der Waals surface area contributed by atoms with E-state index in [0.717, 1.165) is 0 Å².